The highest BCUT2D eigenvalue weighted by atomic mass is 32.1. The van der Waals surface area contributed by atoms with Crippen molar-refractivity contribution in [3.63, 3.8) is 0 Å². The van der Waals surface area contributed by atoms with E-state index in [-0.39, 0.29) is 0 Å². The van der Waals surface area contributed by atoms with Crippen LogP contribution in [0.5, 0.6) is 0 Å². The van der Waals surface area contributed by atoms with Crippen molar-refractivity contribution in [2.24, 2.45) is 0 Å². The zero-order chi connectivity index (χ0) is 37.1. The smallest absolute Gasteiger partial charge is 0.456 e. The molecule has 0 amide bonds. The fourth-order valence-electron chi connectivity index (χ4n) is 8.12. The van der Waals surface area contributed by atoms with E-state index in [9.17, 15) is 0 Å². The van der Waals surface area contributed by atoms with Gasteiger partial charge in [0.1, 0.15) is 11.2 Å². The van der Waals surface area contributed by atoms with Gasteiger partial charge in [0.05, 0.1) is 11.2 Å². The number of hydrogen-bond acceptors (Lipinski definition) is 6. The Kier molecular flexibility index (Phi) is 7.21. The third kappa shape index (κ3) is 5.18. The molecule has 3 aromatic heterocycles. The highest BCUT2D eigenvalue weighted by Gasteiger charge is 2.51. The minimum Gasteiger partial charge on any atom is -0.456 e. The van der Waals surface area contributed by atoms with Crippen LogP contribution in [0.25, 0.3) is 73.4 Å². The summed E-state index contributed by atoms with van der Waals surface area (Å²) < 4.78 is 24.3. The van der Waals surface area contributed by atoms with Gasteiger partial charge < -0.3 is 18.6 Å². The van der Waals surface area contributed by atoms with Crippen LogP contribution in [0.3, 0.4) is 0 Å². The summed E-state index contributed by atoms with van der Waals surface area (Å²) in [4.78, 5) is 2.38. The van der Waals surface area contributed by atoms with E-state index in [0.29, 0.717) is 0 Å². The van der Waals surface area contributed by atoms with Gasteiger partial charge >= 0.3 is 7.12 Å². The molecule has 1 fully saturated rings. The number of furan rings is 1. The van der Waals surface area contributed by atoms with E-state index in [1.54, 1.807) is 0 Å². The molecular formula is C48H36BNO3S2. The zero-order valence-corrected chi connectivity index (χ0v) is 32.6. The Morgan fingerprint density at radius 1 is 0.473 bits per heavy atom. The summed E-state index contributed by atoms with van der Waals surface area (Å²) in [6.45, 7) is 8.43. The highest BCUT2D eigenvalue weighted by Crippen LogP contribution is 2.47. The van der Waals surface area contributed by atoms with Crippen LogP contribution in [0.1, 0.15) is 27.7 Å². The Morgan fingerprint density at radius 3 is 1.95 bits per heavy atom. The molecule has 7 heteroatoms. The second-order valence-corrected chi connectivity index (χ2v) is 17.7. The average Bonchev–Trinajstić information content (AvgIpc) is 3.93. The summed E-state index contributed by atoms with van der Waals surface area (Å²) >= 11 is 3.70. The number of hydrogen-bond donors (Lipinski definition) is 0. The van der Waals surface area contributed by atoms with Gasteiger partial charge in [0.2, 0.25) is 0 Å². The van der Waals surface area contributed by atoms with Gasteiger partial charge in [-0.2, -0.15) is 0 Å². The average molecular weight is 750 g/mol. The number of fused-ring (bicyclic) bond motifs is 9. The number of benzene rings is 7. The third-order valence-electron chi connectivity index (χ3n) is 11.7. The van der Waals surface area contributed by atoms with E-state index in [0.717, 1.165) is 44.5 Å². The monoisotopic (exact) mass is 749 g/mol. The van der Waals surface area contributed by atoms with Gasteiger partial charge in [-0.25, -0.2) is 0 Å². The number of anilines is 3. The maximum Gasteiger partial charge on any atom is 0.494 e. The molecule has 11 rings (SSSR count). The Labute approximate surface area is 327 Å². The van der Waals surface area contributed by atoms with Crippen molar-refractivity contribution in [3.8, 4) is 11.1 Å². The SMILES string of the molecule is CC1(C)OB(c2ccc3sc4ccc(-c5cc(N(c6ccccc6)c6ccc7oc8ccccc8c7c6)cc6c5sc5ccccc56)cc4c3c2)OC1(C)C. The van der Waals surface area contributed by atoms with Crippen LogP contribution in [0, 0.1) is 0 Å². The number of para-hydroxylation sites is 2. The van der Waals surface area contributed by atoms with Gasteiger partial charge in [-0.1, -0.05) is 72.8 Å². The largest absolute Gasteiger partial charge is 0.494 e. The summed E-state index contributed by atoms with van der Waals surface area (Å²) in [5.74, 6) is 0. The molecule has 0 spiro atoms. The van der Waals surface area contributed by atoms with Crippen molar-refractivity contribution >= 4 is 115 Å². The Morgan fingerprint density at radius 2 is 1.13 bits per heavy atom. The molecule has 0 aliphatic carbocycles. The van der Waals surface area contributed by atoms with Gasteiger partial charge in [0.25, 0.3) is 0 Å². The molecule has 0 unspecified atom stereocenters. The fraction of sp³-hybridized carbons (Fsp3) is 0.125. The molecule has 0 radical (unpaired) electrons. The molecular weight excluding hydrogens is 713 g/mol. The third-order valence-corrected chi connectivity index (χ3v) is 14.1. The van der Waals surface area contributed by atoms with Crippen LogP contribution >= 0.6 is 22.7 Å². The minimum absolute atomic E-state index is 0.400. The molecule has 0 saturated carbocycles. The van der Waals surface area contributed by atoms with Crippen molar-refractivity contribution in [2.45, 2.75) is 38.9 Å². The van der Waals surface area contributed by atoms with Crippen molar-refractivity contribution in [3.05, 3.63) is 146 Å². The summed E-state index contributed by atoms with van der Waals surface area (Å²) in [5, 5.41) is 7.21. The molecule has 4 nitrogen and oxygen atoms in total. The lowest BCUT2D eigenvalue weighted by atomic mass is 9.78. The molecule has 0 bridgehead atoms. The Balaban J connectivity index is 1.12. The van der Waals surface area contributed by atoms with Crippen molar-refractivity contribution in [1.82, 2.24) is 0 Å². The molecule has 0 atom stereocenters. The molecule has 7 aromatic carbocycles. The van der Waals surface area contributed by atoms with E-state index >= 15 is 0 Å². The van der Waals surface area contributed by atoms with E-state index in [4.69, 9.17) is 13.7 Å². The summed E-state index contributed by atoms with van der Waals surface area (Å²) in [6.07, 6.45) is 0. The first-order valence-electron chi connectivity index (χ1n) is 18.7. The summed E-state index contributed by atoms with van der Waals surface area (Å²) in [7, 11) is -0.411. The number of rotatable bonds is 5. The highest BCUT2D eigenvalue weighted by molar-refractivity contribution is 7.26. The molecule has 266 valence electrons. The van der Waals surface area contributed by atoms with E-state index in [2.05, 4.69) is 166 Å². The molecule has 0 N–H and O–H groups in total. The van der Waals surface area contributed by atoms with Crippen LogP contribution in [-0.4, -0.2) is 18.3 Å². The van der Waals surface area contributed by atoms with Gasteiger partial charge in [0, 0.05) is 68.4 Å². The molecule has 10 aromatic rings. The summed E-state index contributed by atoms with van der Waals surface area (Å²) in [6, 6.07) is 52.7. The normalized spacial score (nSPS) is 15.4. The lowest BCUT2D eigenvalue weighted by Gasteiger charge is -2.32. The maximum atomic E-state index is 6.48. The van der Waals surface area contributed by atoms with Crippen LogP contribution in [0.15, 0.2) is 150 Å². The molecule has 4 heterocycles. The van der Waals surface area contributed by atoms with E-state index in [1.807, 2.05) is 34.8 Å². The van der Waals surface area contributed by atoms with Crippen molar-refractivity contribution in [2.75, 3.05) is 4.90 Å². The Hall–Kier alpha value is -5.44. The van der Waals surface area contributed by atoms with E-state index < -0.39 is 18.3 Å². The molecule has 55 heavy (non-hydrogen) atoms. The first-order valence-corrected chi connectivity index (χ1v) is 20.4. The minimum atomic E-state index is -0.411. The topological polar surface area (TPSA) is 34.8 Å². The van der Waals surface area contributed by atoms with Crippen LogP contribution in [0.2, 0.25) is 0 Å². The second kappa shape index (κ2) is 12.0. The predicted molar refractivity (Wildman–Crippen MR) is 235 cm³/mol. The van der Waals surface area contributed by atoms with E-state index in [1.165, 1.54) is 51.5 Å². The van der Waals surface area contributed by atoms with Crippen LogP contribution < -0.4 is 10.4 Å². The molecule has 1 saturated heterocycles. The first kappa shape index (κ1) is 32.9. The van der Waals surface area contributed by atoms with Gasteiger partial charge in [0.15, 0.2) is 0 Å². The molecule has 1 aliphatic rings. The zero-order valence-electron chi connectivity index (χ0n) is 30.9. The first-order chi connectivity index (χ1) is 26.7. The van der Waals surface area contributed by atoms with Gasteiger partial charge in [-0.05, 0) is 117 Å². The lowest BCUT2D eigenvalue weighted by molar-refractivity contribution is 0.00578. The van der Waals surface area contributed by atoms with Gasteiger partial charge in [-0.15, -0.1) is 22.7 Å². The summed E-state index contributed by atoms with van der Waals surface area (Å²) in [5.41, 5.74) is 7.70. The van der Waals surface area contributed by atoms with Crippen molar-refractivity contribution in [1.29, 1.82) is 0 Å². The van der Waals surface area contributed by atoms with Gasteiger partial charge in [-0.3, -0.25) is 0 Å². The second-order valence-electron chi connectivity index (χ2n) is 15.6. The Bertz CT molecular complexity index is 3120. The van der Waals surface area contributed by atoms with Crippen LogP contribution in [-0.2, 0) is 9.31 Å². The number of nitrogens with zero attached hydrogens (tertiary/aromatic N) is 1. The molecule has 1 aliphatic heterocycles. The standard InChI is InChI=1S/C48H36BNO3S2/c1-47(2)48(3,4)53-49(52-47)30-19-23-45-39(25-30)38-24-29(18-22-44(38)54-45)36-27-33(28-40-35-15-9-11-17-43(35)55-46(36)40)50(31-12-6-5-7-13-31)32-20-21-42-37(26-32)34-14-8-10-16-41(34)51-42/h5-28H,1-4H3. The van der Waals surface area contributed by atoms with Crippen molar-refractivity contribution < 1.29 is 13.7 Å². The predicted octanol–water partition coefficient (Wildman–Crippen LogP) is 13.8. The maximum absolute atomic E-state index is 6.48. The number of thiophene rings is 2. The lowest BCUT2D eigenvalue weighted by Crippen LogP contribution is -2.41. The fourth-order valence-corrected chi connectivity index (χ4v) is 10.4. The quantitative estimate of drug-likeness (QED) is 0.164. The van der Waals surface area contributed by atoms with Crippen LogP contribution in [0.4, 0.5) is 17.1 Å².